The van der Waals surface area contributed by atoms with Gasteiger partial charge in [-0.05, 0) is 68.8 Å². The van der Waals surface area contributed by atoms with Gasteiger partial charge in [-0.3, -0.25) is 14.2 Å². The second kappa shape index (κ2) is 13.0. The maximum Gasteiger partial charge on any atom is 0.271 e. The van der Waals surface area contributed by atoms with Gasteiger partial charge < -0.3 is 18.9 Å². The van der Waals surface area contributed by atoms with Crippen LogP contribution in [-0.2, 0) is 11.3 Å². The number of rotatable bonds is 9. The Morgan fingerprint density at radius 2 is 1.78 bits per heavy atom. The number of aromatic nitrogens is 2. The summed E-state index contributed by atoms with van der Waals surface area (Å²) in [5.41, 5.74) is 4.51. The van der Waals surface area contributed by atoms with Gasteiger partial charge in [0.1, 0.15) is 17.5 Å². The summed E-state index contributed by atoms with van der Waals surface area (Å²) in [5, 5.41) is 1.72. The van der Waals surface area contributed by atoms with E-state index in [0.717, 1.165) is 22.0 Å². The molecule has 1 atom stereocenters. The minimum absolute atomic E-state index is 0.166. The number of hydrogen-bond acceptors (Lipinski definition) is 6. The molecule has 0 spiro atoms. The SMILES string of the molecule is CCN(CC)C(=O)C1=C(C)N=c2s/c(=C/c3cn(Cc4ccc(Cl)cc4)c4ccccc34)c(=O)n2[C@@H]1c1cc(OC)ccc1OC. The van der Waals surface area contributed by atoms with Gasteiger partial charge in [-0.15, -0.1) is 0 Å². The van der Waals surface area contributed by atoms with Crippen LogP contribution in [0.1, 0.15) is 43.5 Å². The highest BCUT2D eigenvalue weighted by atomic mass is 35.5. The first kappa shape index (κ1) is 31.4. The van der Waals surface area contributed by atoms with Crippen molar-refractivity contribution in [1.29, 1.82) is 0 Å². The van der Waals surface area contributed by atoms with Crippen LogP contribution >= 0.6 is 22.9 Å². The molecule has 6 rings (SSSR count). The van der Waals surface area contributed by atoms with Crippen molar-refractivity contribution in [2.45, 2.75) is 33.4 Å². The maximum atomic E-state index is 14.4. The van der Waals surface area contributed by atoms with Crippen molar-refractivity contribution in [2.24, 2.45) is 4.99 Å². The van der Waals surface area contributed by atoms with E-state index >= 15 is 0 Å². The first-order chi connectivity index (χ1) is 22.3. The molecule has 3 heterocycles. The first-order valence-electron chi connectivity index (χ1n) is 15.1. The molecule has 2 aromatic heterocycles. The van der Waals surface area contributed by atoms with Crippen LogP contribution < -0.4 is 24.4 Å². The Kier molecular flexibility index (Phi) is 8.88. The fraction of sp³-hybridized carbons (Fsp3) is 0.250. The molecule has 1 aliphatic rings. The number of amides is 1. The van der Waals surface area contributed by atoms with E-state index in [2.05, 4.69) is 22.9 Å². The molecule has 0 bridgehead atoms. The van der Waals surface area contributed by atoms with Crippen molar-refractivity contribution in [3.8, 4) is 11.5 Å². The lowest BCUT2D eigenvalue weighted by atomic mass is 9.93. The molecule has 0 aliphatic carbocycles. The van der Waals surface area contributed by atoms with Crippen LogP contribution in [0.4, 0.5) is 0 Å². The Bertz CT molecular complexity index is 2160. The Balaban J connectivity index is 1.55. The van der Waals surface area contributed by atoms with E-state index in [9.17, 15) is 9.59 Å². The number of hydrogen-bond donors (Lipinski definition) is 0. The molecule has 5 aromatic rings. The van der Waals surface area contributed by atoms with Crippen molar-refractivity contribution in [2.75, 3.05) is 27.3 Å². The fourth-order valence-corrected chi connectivity index (χ4v) is 7.24. The topological polar surface area (TPSA) is 78.1 Å². The Labute approximate surface area is 276 Å². The molecule has 236 valence electrons. The molecule has 8 nitrogen and oxygen atoms in total. The van der Waals surface area contributed by atoms with E-state index in [1.165, 1.54) is 11.3 Å². The molecule has 10 heteroatoms. The van der Waals surface area contributed by atoms with Crippen molar-refractivity contribution in [3.05, 3.63) is 126 Å². The standard InChI is InChI=1S/C36H35ClN4O4S/c1-6-39(7-2)35(43)32-22(3)38-36-41(33(32)28-19-26(44-4)16-17-30(28)45-5)34(42)31(46-36)18-24-21-40(29-11-9-8-10-27(24)29)20-23-12-14-25(37)15-13-23/h8-19,21,33H,6-7,20H2,1-5H3/b31-18+/t33-/m1/s1. The van der Waals surface area contributed by atoms with Gasteiger partial charge in [0.25, 0.3) is 11.5 Å². The number of ether oxygens (including phenoxy) is 2. The smallest absolute Gasteiger partial charge is 0.271 e. The number of thiazole rings is 1. The molecule has 1 amide bonds. The van der Waals surface area contributed by atoms with Crippen molar-refractivity contribution in [1.82, 2.24) is 14.0 Å². The molecule has 0 saturated carbocycles. The largest absolute Gasteiger partial charge is 0.497 e. The third kappa shape index (κ3) is 5.65. The van der Waals surface area contributed by atoms with E-state index in [1.54, 1.807) is 35.8 Å². The summed E-state index contributed by atoms with van der Waals surface area (Å²) in [6, 6.07) is 20.6. The Morgan fingerprint density at radius 3 is 2.48 bits per heavy atom. The fourth-order valence-electron chi connectivity index (χ4n) is 6.07. The van der Waals surface area contributed by atoms with Crippen LogP contribution in [-0.4, -0.2) is 47.3 Å². The zero-order chi connectivity index (χ0) is 32.5. The lowest BCUT2D eigenvalue weighted by Gasteiger charge is -2.30. The number of likely N-dealkylation sites (N-methyl/N-ethyl adjacent to an activating group) is 1. The number of carbonyl (C=O) groups excluding carboxylic acids is 1. The molecule has 0 N–H and O–H groups in total. The zero-order valence-electron chi connectivity index (χ0n) is 26.4. The van der Waals surface area contributed by atoms with Crippen LogP contribution in [0.2, 0.25) is 5.02 Å². The summed E-state index contributed by atoms with van der Waals surface area (Å²) in [5.74, 6) is 0.974. The minimum Gasteiger partial charge on any atom is -0.497 e. The number of methoxy groups -OCH3 is 2. The molecule has 0 fully saturated rings. The van der Waals surface area contributed by atoms with E-state index in [4.69, 9.17) is 26.1 Å². The van der Waals surface area contributed by atoms with Crippen molar-refractivity contribution >= 4 is 45.8 Å². The van der Waals surface area contributed by atoms with E-state index in [0.29, 0.717) is 62.3 Å². The first-order valence-corrected chi connectivity index (χ1v) is 16.3. The quantitative estimate of drug-likeness (QED) is 0.202. The number of fused-ring (bicyclic) bond motifs is 2. The summed E-state index contributed by atoms with van der Waals surface area (Å²) >= 11 is 7.43. The maximum absolute atomic E-state index is 14.4. The van der Waals surface area contributed by atoms with Gasteiger partial charge in [0.2, 0.25) is 0 Å². The summed E-state index contributed by atoms with van der Waals surface area (Å²) in [7, 11) is 3.17. The van der Waals surface area contributed by atoms with Crippen LogP contribution in [0.5, 0.6) is 11.5 Å². The summed E-state index contributed by atoms with van der Waals surface area (Å²) < 4.78 is 15.7. The molecule has 46 heavy (non-hydrogen) atoms. The van der Waals surface area contributed by atoms with E-state index < -0.39 is 6.04 Å². The van der Waals surface area contributed by atoms with Gasteiger partial charge in [-0.2, -0.15) is 0 Å². The Morgan fingerprint density at radius 1 is 1.04 bits per heavy atom. The van der Waals surface area contributed by atoms with E-state index in [-0.39, 0.29) is 11.5 Å². The number of nitrogens with zero attached hydrogens (tertiary/aromatic N) is 4. The summed E-state index contributed by atoms with van der Waals surface area (Å²) in [6.07, 6.45) is 4.00. The number of benzene rings is 3. The number of allylic oxidation sites excluding steroid dienone is 1. The lowest BCUT2D eigenvalue weighted by Crippen LogP contribution is -2.43. The summed E-state index contributed by atoms with van der Waals surface area (Å²) in [6.45, 7) is 7.42. The molecule has 3 aromatic carbocycles. The summed E-state index contributed by atoms with van der Waals surface area (Å²) in [4.78, 5) is 35.6. The highest BCUT2D eigenvalue weighted by Gasteiger charge is 2.36. The predicted octanol–water partition coefficient (Wildman–Crippen LogP) is 5.78. The van der Waals surface area contributed by atoms with Crippen LogP contribution in [0.3, 0.4) is 0 Å². The van der Waals surface area contributed by atoms with Crippen LogP contribution in [0, 0.1) is 0 Å². The average molecular weight is 655 g/mol. The van der Waals surface area contributed by atoms with E-state index in [1.807, 2.05) is 69.3 Å². The normalized spacial score (nSPS) is 14.7. The van der Waals surface area contributed by atoms with Gasteiger partial charge in [0.05, 0.1) is 30.0 Å². The highest BCUT2D eigenvalue weighted by Crippen LogP contribution is 2.38. The van der Waals surface area contributed by atoms with Gasteiger partial charge >= 0.3 is 0 Å². The molecule has 0 radical (unpaired) electrons. The zero-order valence-corrected chi connectivity index (χ0v) is 28.0. The van der Waals surface area contributed by atoms with Crippen molar-refractivity contribution in [3.63, 3.8) is 0 Å². The highest BCUT2D eigenvalue weighted by molar-refractivity contribution is 7.07. The third-order valence-corrected chi connectivity index (χ3v) is 9.64. The predicted molar refractivity (Wildman–Crippen MR) is 184 cm³/mol. The molecular formula is C36H35ClN4O4S. The van der Waals surface area contributed by atoms with Gasteiger partial charge in [-0.25, -0.2) is 4.99 Å². The Hall–Kier alpha value is -4.60. The van der Waals surface area contributed by atoms with Crippen LogP contribution in [0.15, 0.2) is 94.0 Å². The molecule has 0 unspecified atom stereocenters. The number of para-hydroxylation sites is 1. The molecular weight excluding hydrogens is 620 g/mol. The van der Waals surface area contributed by atoms with Gasteiger partial charge in [-0.1, -0.05) is 53.3 Å². The second-order valence-electron chi connectivity index (χ2n) is 11.0. The third-order valence-electron chi connectivity index (χ3n) is 8.41. The molecule has 1 aliphatic heterocycles. The average Bonchev–Trinajstić information content (AvgIpc) is 3.57. The number of carbonyl (C=O) groups is 1. The van der Waals surface area contributed by atoms with Crippen molar-refractivity contribution < 1.29 is 14.3 Å². The lowest BCUT2D eigenvalue weighted by molar-refractivity contribution is -0.127. The second-order valence-corrected chi connectivity index (χ2v) is 12.5. The molecule has 0 saturated heterocycles. The van der Waals surface area contributed by atoms with Gasteiger partial charge in [0, 0.05) is 52.9 Å². The van der Waals surface area contributed by atoms with Crippen LogP contribution in [0.25, 0.3) is 17.0 Å². The minimum atomic E-state index is -0.761. The van der Waals surface area contributed by atoms with Gasteiger partial charge in [0.15, 0.2) is 4.80 Å². The number of halogens is 1. The monoisotopic (exact) mass is 654 g/mol.